The average Bonchev–Trinajstić information content (AvgIpc) is 2.94. The Morgan fingerprint density at radius 3 is 1.00 bits per heavy atom. The minimum absolute atomic E-state index is 0.0919. The van der Waals surface area contributed by atoms with Crippen molar-refractivity contribution in [3.63, 3.8) is 0 Å². The Bertz CT molecular complexity index is 536. The smallest absolute Gasteiger partial charge is 0.226 e. The molecule has 40 heavy (non-hydrogen) atoms. The van der Waals surface area contributed by atoms with Crippen LogP contribution in [0.15, 0.2) is 0 Å². The van der Waals surface area contributed by atoms with Gasteiger partial charge < -0.3 is 5.11 Å². The largest absolute Gasteiger partial charge is 0.393 e. The predicted molar refractivity (Wildman–Crippen MR) is 174 cm³/mol. The zero-order chi connectivity index (χ0) is 29.4. The molecule has 1 unspecified atom stereocenters. The number of nitrogens with one attached hydrogen (secondary N) is 1. The second kappa shape index (κ2) is 32.6. The van der Waals surface area contributed by atoms with Crippen molar-refractivity contribution in [1.29, 1.82) is 0 Å². The summed E-state index contributed by atoms with van der Waals surface area (Å²) in [7, 11) is 0. The van der Waals surface area contributed by atoms with Crippen LogP contribution in [0.5, 0.6) is 0 Å². The van der Waals surface area contributed by atoms with E-state index >= 15 is 0 Å². The molecule has 0 aliphatic carbocycles. The third-order valence-corrected chi connectivity index (χ3v) is 8.37. The molecule has 4 heteroatoms. The molecule has 0 bridgehead atoms. The lowest BCUT2D eigenvalue weighted by Gasteiger charge is -2.10. The maximum Gasteiger partial charge on any atom is 0.226 e. The molecule has 2 amide bonds. The fourth-order valence-corrected chi connectivity index (χ4v) is 5.61. The van der Waals surface area contributed by atoms with Crippen molar-refractivity contribution in [2.45, 2.75) is 219 Å². The van der Waals surface area contributed by atoms with Crippen molar-refractivity contribution in [3.8, 4) is 0 Å². The molecule has 238 valence electrons. The normalized spacial score (nSPS) is 12.1. The van der Waals surface area contributed by atoms with Crippen LogP contribution in [0.1, 0.15) is 213 Å². The molecule has 0 heterocycles. The molecule has 0 aromatic heterocycles. The molecular formula is C36H71NO3. The lowest BCUT2D eigenvalue weighted by molar-refractivity contribution is -0.130. The molecular weight excluding hydrogens is 494 g/mol. The second-order valence-corrected chi connectivity index (χ2v) is 12.5. The Balaban J connectivity index is 3.33. The van der Waals surface area contributed by atoms with E-state index in [2.05, 4.69) is 19.2 Å². The summed E-state index contributed by atoms with van der Waals surface area (Å²) in [5.74, 6) is -0.190. The summed E-state index contributed by atoms with van der Waals surface area (Å²) in [5, 5.41) is 12.6. The van der Waals surface area contributed by atoms with Crippen LogP contribution in [-0.2, 0) is 9.59 Å². The topological polar surface area (TPSA) is 66.4 Å². The van der Waals surface area contributed by atoms with Crippen LogP contribution >= 0.6 is 0 Å². The zero-order valence-electron chi connectivity index (χ0n) is 27.3. The van der Waals surface area contributed by atoms with Gasteiger partial charge in [0.25, 0.3) is 0 Å². The summed E-state index contributed by atoms with van der Waals surface area (Å²) < 4.78 is 0. The molecule has 0 aromatic carbocycles. The lowest BCUT2D eigenvalue weighted by Crippen LogP contribution is -2.29. The Kier molecular flexibility index (Phi) is 31.9. The summed E-state index contributed by atoms with van der Waals surface area (Å²) in [6, 6.07) is 0. The van der Waals surface area contributed by atoms with Crippen LogP contribution in [0, 0.1) is 0 Å². The van der Waals surface area contributed by atoms with Crippen LogP contribution in [0.25, 0.3) is 0 Å². The number of rotatable bonds is 32. The van der Waals surface area contributed by atoms with Crippen molar-refractivity contribution in [2.75, 3.05) is 0 Å². The van der Waals surface area contributed by atoms with Gasteiger partial charge >= 0.3 is 0 Å². The highest BCUT2D eigenvalue weighted by Crippen LogP contribution is 2.15. The monoisotopic (exact) mass is 566 g/mol. The standard InChI is InChI=1S/C36H71NO3/c1-3-5-7-9-10-11-12-13-14-15-16-17-21-24-28-32-35(39)37-36(40)33-29-25-22-19-18-20-23-27-31-34(38)30-26-8-6-4-2/h34,38H,3-33H2,1-2H3,(H,37,39,40). The number of aliphatic hydroxyl groups is 1. The fourth-order valence-electron chi connectivity index (χ4n) is 5.61. The van der Waals surface area contributed by atoms with E-state index in [0.29, 0.717) is 12.8 Å². The van der Waals surface area contributed by atoms with E-state index in [1.54, 1.807) is 0 Å². The lowest BCUT2D eigenvalue weighted by atomic mass is 10.0. The Morgan fingerprint density at radius 1 is 0.425 bits per heavy atom. The van der Waals surface area contributed by atoms with E-state index < -0.39 is 0 Å². The summed E-state index contributed by atoms with van der Waals surface area (Å²) in [6.07, 6.45) is 36.7. The first-order chi connectivity index (χ1) is 19.6. The maximum absolute atomic E-state index is 12.0. The van der Waals surface area contributed by atoms with Crippen LogP contribution < -0.4 is 5.32 Å². The van der Waals surface area contributed by atoms with Crippen LogP contribution in [0.3, 0.4) is 0 Å². The number of hydrogen-bond acceptors (Lipinski definition) is 3. The fraction of sp³-hybridized carbons (Fsp3) is 0.944. The highest BCUT2D eigenvalue weighted by Gasteiger charge is 2.07. The van der Waals surface area contributed by atoms with Crippen molar-refractivity contribution < 1.29 is 14.7 Å². The van der Waals surface area contributed by atoms with Crippen LogP contribution in [0.4, 0.5) is 0 Å². The van der Waals surface area contributed by atoms with Crippen molar-refractivity contribution in [2.24, 2.45) is 0 Å². The van der Waals surface area contributed by atoms with E-state index in [-0.39, 0.29) is 17.9 Å². The van der Waals surface area contributed by atoms with Gasteiger partial charge in [0, 0.05) is 12.8 Å². The number of hydrogen-bond donors (Lipinski definition) is 2. The van der Waals surface area contributed by atoms with Crippen LogP contribution in [0.2, 0.25) is 0 Å². The average molecular weight is 566 g/mol. The van der Waals surface area contributed by atoms with Gasteiger partial charge in [-0.1, -0.05) is 174 Å². The van der Waals surface area contributed by atoms with E-state index in [4.69, 9.17) is 0 Å². The van der Waals surface area contributed by atoms with Gasteiger partial charge in [0.15, 0.2) is 0 Å². The van der Waals surface area contributed by atoms with E-state index in [9.17, 15) is 14.7 Å². The van der Waals surface area contributed by atoms with Gasteiger partial charge in [-0.2, -0.15) is 0 Å². The third-order valence-electron chi connectivity index (χ3n) is 8.37. The molecule has 4 nitrogen and oxygen atoms in total. The first kappa shape index (κ1) is 39.1. The van der Waals surface area contributed by atoms with Crippen molar-refractivity contribution in [3.05, 3.63) is 0 Å². The molecule has 2 N–H and O–H groups in total. The first-order valence-electron chi connectivity index (χ1n) is 18.1. The number of carbonyl (C=O) groups excluding carboxylic acids is 2. The summed E-state index contributed by atoms with van der Waals surface area (Å²) in [5.41, 5.74) is 0. The quantitative estimate of drug-likeness (QED) is 0.0797. The highest BCUT2D eigenvalue weighted by molar-refractivity contribution is 5.95. The predicted octanol–water partition coefficient (Wildman–Crippen LogP) is 11.1. The molecule has 0 saturated heterocycles. The van der Waals surface area contributed by atoms with Gasteiger partial charge in [-0.05, 0) is 25.7 Å². The van der Waals surface area contributed by atoms with Gasteiger partial charge in [0.2, 0.25) is 11.8 Å². The van der Waals surface area contributed by atoms with E-state index in [1.807, 2.05) is 0 Å². The molecule has 0 saturated carbocycles. The zero-order valence-corrected chi connectivity index (χ0v) is 27.3. The minimum Gasteiger partial charge on any atom is -0.393 e. The maximum atomic E-state index is 12.0. The van der Waals surface area contributed by atoms with E-state index in [1.165, 1.54) is 141 Å². The van der Waals surface area contributed by atoms with Gasteiger partial charge in [-0.25, -0.2) is 0 Å². The van der Waals surface area contributed by atoms with Gasteiger partial charge in [-0.15, -0.1) is 0 Å². The van der Waals surface area contributed by atoms with Crippen molar-refractivity contribution >= 4 is 11.8 Å². The van der Waals surface area contributed by atoms with E-state index in [0.717, 1.165) is 44.9 Å². The molecule has 0 aliphatic heterocycles. The minimum atomic E-state index is -0.0982. The van der Waals surface area contributed by atoms with Crippen molar-refractivity contribution in [1.82, 2.24) is 5.32 Å². The number of unbranched alkanes of at least 4 members (excludes halogenated alkanes) is 24. The number of carbonyl (C=O) groups is 2. The number of amides is 2. The molecule has 0 rings (SSSR count). The van der Waals surface area contributed by atoms with Gasteiger partial charge in [0.1, 0.15) is 0 Å². The Hall–Kier alpha value is -0.900. The number of imide groups is 1. The first-order valence-corrected chi connectivity index (χ1v) is 18.1. The van der Waals surface area contributed by atoms with Gasteiger partial charge in [-0.3, -0.25) is 14.9 Å². The highest BCUT2D eigenvalue weighted by atomic mass is 16.3. The molecule has 0 fully saturated rings. The molecule has 0 aromatic rings. The molecule has 0 spiro atoms. The molecule has 0 radical (unpaired) electrons. The van der Waals surface area contributed by atoms with Gasteiger partial charge in [0.05, 0.1) is 6.10 Å². The SMILES string of the molecule is CCCCCCCCCCCCCCCCCC(=O)NC(=O)CCCCCCCCCCC(O)CCCCCC. The summed E-state index contributed by atoms with van der Waals surface area (Å²) >= 11 is 0. The Labute approximate surface area is 250 Å². The second-order valence-electron chi connectivity index (χ2n) is 12.5. The third kappa shape index (κ3) is 31.6. The summed E-state index contributed by atoms with van der Waals surface area (Å²) in [6.45, 7) is 4.50. The molecule has 0 aliphatic rings. The summed E-state index contributed by atoms with van der Waals surface area (Å²) in [4.78, 5) is 24.0. The molecule has 1 atom stereocenters. The Morgan fingerprint density at radius 2 is 0.675 bits per heavy atom. The number of aliphatic hydroxyl groups excluding tert-OH is 1. The van der Waals surface area contributed by atoms with Crippen LogP contribution in [-0.4, -0.2) is 23.0 Å².